The van der Waals surface area contributed by atoms with Crippen LogP contribution in [0.5, 0.6) is 0 Å². The third-order valence-electron chi connectivity index (χ3n) is 6.73. The van der Waals surface area contributed by atoms with Gasteiger partial charge in [0.05, 0.1) is 18.7 Å². The van der Waals surface area contributed by atoms with Gasteiger partial charge in [0.25, 0.3) is 0 Å². The summed E-state index contributed by atoms with van der Waals surface area (Å²) in [6, 6.07) is 20.8. The summed E-state index contributed by atoms with van der Waals surface area (Å²) in [6.07, 6.45) is 8.42. The lowest BCUT2D eigenvalue weighted by Crippen LogP contribution is -2.37. The topological polar surface area (TPSA) is 59.4 Å². The van der Waals surface area contributed by atoms with Crippen LogP contribution in [-0.4, -0.2) is 53.2 Å². The molecule has 0 aliphatic carbocycles. The standard InChI is InChI=1S/C30H32N4O2/c1-23(19-30(35)32-21-24-5-4-13-31-20-24)25-8-10-27(11-9-25)34-22-26(28-6-2-3-7-29(28)34)12-14-33-15-17-36-18-16-33/h2-11,13,19-20,22H,12,14-18,21H2,1H3,(H,32,35)/b23-19+. The minimum Gasteiger partial charge on any atom is -0.379 e. The third kappa shape index (κ3) is 5.73. The molecule has 3 heterocycles. The smallest absolute Gasteiger partial charge is 0.244 e. The number of carbonyl (C=O) groups is 1. The number of morpholine rings is 1. The number of amides is 1. The van der Waals surface area contributed by atoms with Gasteiger partial charge in [0, 0.05) is 61.9 Å². The number of carbonyl (C=O) groups excluding carboxylic acids is 1. The lowest BCUT2D eigenvalue weighted by Gasteiger charge is -2.26. The van der Waals surface area contributed by atoms with E-state index < -0.39 is 0 Å². The van der Waals surface area contributed by atoms with Crippen molar-refractivity contribution in [2.45, 2.75) is 19.9 Å². The summed E-state index contributed by atoms with van der Waals surface area (Å²) in [5.41, 5.74) is 6.62. The minimum absolute atomic E-state index is 0.109. The lowest BCUT2D eigenvalue weighted by atomic mass is 10.1. The van der Waals surface area contributed by atoms with Gasteiger partial charge in [-0.05, 0) is 59.9 Å². The maximum absolute atomic E-state index is 12.4. The molecule has 6 heteroatoms. The summed E-state index contributed by atoms with van der Waals surface area (Å²) >= 11 is 0. The Bertz CT molecular complexity index is 1340. The number of hydrogen-bond donors (Lipinski definition) is 1. The molecule has 1 amide bonds. The van der Waals surface area contributed by atoms with Crippen molar-refractivity contribution in [3.8, 4) is 5.69 Å². The van der Waals surface area contributed by atoms with Crippen molar-refractivity contribution >= 4 is 22.4 Å². The molecule has 0 radical (unpaired) electrons. The Morgan fingerprint density at radius 1 is 1.06 bits per heavy atom. The Kier molecular flexibility index (Phi) is 7.55. The molecular weight excluding hydrogens is 448 g/mol. The molecular formula is C30H32N4O2. The van der Waals surface area contributed by atoms with Crippen molar-refractivity contribution < 1.29 is 9.53 Å². The van der Waals surface area contributed by atoms with Crippen LogP contribution in [0.2, 0.25) is 0 Å². The second kappa shape index (κ2) is 11.3. The van der Waals surface area contributed by atoms with E-state index in [9.17, 15) is 4.79 Å². The monoisotopic (exact) mass is 480 g/mol. The SMILES string of the molecule is C/C(=C\C(=O)NCc1cccnc1)c1ccc(-n2cc(CCN3CCOCC3)c3ccccc32)cc1. The van der Waals surface area contributed by atoms with Crippen LogP contribution in [0, 0.1) is 0 Å². The molecule has 1 aliphatic heterocycles. The third-order valence-corrected chi connectivity index (χ3v) is 6.73. The highest BCUT2D eigenvalue weighted by Gasteiger charge is 2.14. The Morgan fingerprint density at radius 2 is 1.86 bits per heavy atom. The van der Waals surface area contributed by atoms with Crippen LogP contribution in [0.1, 0.15) is 23.6 Å². The van der Waals surface area contributed by atoms with Gasteiger partial charge in [0.2, 0.25) is 5.91 Å². The molecule has 1 N–H and O–H groups in total. The number of aromatic nitrogens is 2. The van der Waals surface area contributed by atoms with E-state index in [1.807, 2.05) is 19.1 Å². The van der Waals surface area contributed by atoms with Gasteiger partial charge in [0.15, 0.2) is 0 Å². The van der Waals surface area contributed by atoms with Gasteiger partial charge < -0.3 is 14.6 Å². The van der Waals surface area contributed by atoms with Crippen molar-refractivity contribution in [1.82, 2.24) is 19.8 Å². The van der Waals surface area contributed by atoms with Crippen LogP contribution < -0.4 is 5.32 Å². The number of allylic oxidation sites excluding steroid dienone is 1. The highest BCUT2D eigenvalue weighted by Crippen LogP contribution is 2.26. The second-order valence-corrected chi connectivity index (χ2v) is 9.20. The van der Waals surface area contributed by atoms with Crippen molar-refractivity contribution in [2.75, 3.05) is 32.8 Å². The maximum atomic E-state index is 12.4. The molecule has 1 aliphatic rings. The average molecular weight is 481 g/mol. The van der Waals surface area contributed by atoms with Gasteiger partial charge in [-0.1, -0.05) is 36.4 Å². The van der Waals surface area contributed by atoms with E-state index in [0.717, 1.165) is 61.7 Å². The number of pyridine rings is 1. The molecule has 0 bridgehead atoms. The number of nitrogens with zero attached hydrogens (tertiary/aromatic N) is 3. The fraction of sp³-hybridized carbons (Fsp3) is 0.267. The predicted octanol–water partition coefficient (Wildman–Crippen LogP) is 4.62. The average Bonchev–Trinajstić information content (AvgIpc) is 3.31. The van der Waals surface area contributed by atoms with E-state index in [4.69, 9.17) is 4.74 Å². The molecule has 1 saturated heterocycles. The quantitative estimate of drug-likeness (QED) is 0.374. The molecule has 184 valence electrons. The van der Waals surface area contributed by atoms with Gasteiger partial charge in [-0.15, -0.1) is 0 Å². The Balaban J connectivity index is 1.29. The van der Waals surface area contributed by atoms with E-state index in [1.54, 1.807) is 18.5 Å². The van der Waals surface area contributed by atoms with Gasteiger partial charge >= 0.3 is 0 Å². The Hall–Kier alpha value is -3.74. The highest BCUT2D eigenvalue weighted by molar-refractivity contribution is 5.94. The lowest BCUT2D eigenvalue weighted by molar-refractivity contribution is -0.116. The minimum atomic E-state index is -0.109. The molecule has 2 aromatic carbocycles. The maximum Gasteiger partial charge on any atom is 0.244 e. The summed E-state index contributed by atoms with van der Waals surface area (Å²) < 4.78 is 7.76. The summed E-state index contributed by atoms with van der Waals surface area (Å²) in [7, 11) is 0. The Morgan fingerprint density at radius 3 is 2.64 bits per heavy atom. The van der Waals surface area contributed by atoms with Crippen LogP contribution in [0.25, 0.3) is 22.2 Å². The number of rotatable bonds is 8. The zero-order valence-corrected chi connectivity index (χ0v) is 20.7. The molecule has 6 nitrogen and oxygen atoms in total. The fourth-order valence-electron chi connectivity index (χ4n) is 4.67. The summed E-state index contributed by atoms with van der Waals surface area (Å²) in [5, 5.41) is 4.23. The molecule has 4 aromatic rings. The van der Waals surface area contributed by atoms with E-state index >= 15 is 0 Å². The number of ether oxygens (including phenoxy) is 1. The van der Waals surface area contributed by atoms with Crippen LogP contribution in [-0.2, 0) is 22.5 Å². The van der Waals surface area contributed by atoms with E-state index in [1.165, 1.54) is 16.5 Å². The van der Waals surface area contributed by atoms with Crippen LogP contribution in [0.3, 0.4) is 0 Å². The zero-order chi connectivity index (χ0) is 24.7. The van der Waals surface area contributed by atoms with Gasteiger partial charge in [-0.25, -0.2) is 0 Å². The molecule has 5 rings (SSSR count). The number of fused-ring (bicyclic) bond motifs is 1. The Labute approximate surface area is 212 Å². The molecule has 0 unspecified atom stereocenters. The zero-order valence-electron chi connectivity index (χ0n) is 20.7. The fourth-order valence-corrected chi connectivity index (χ4v) is 4.67. The number of benzene rings is 2. The number of para-hydroxylation sites is 1. The summed E-state index contributed by atoms with van der Waals surface area (Å²) in [4.78, 5) is 19.0. The van der Waals surface area contributed by atoms with Gasteiger partial charge in [-0.2, -0.15) is 0 Å². The van der Waals surface area contributed by atoms with E-state index in [-0.39, 0.29) is 5.91 Å². The molecule has 1 fully saturated rings. The number of nitrogens with one attached hydrogen (secondary N) is 1. The van der Waals surface area contributed by atoms with Crippen LogP contribution >= 0.6 is 0 Å². The molecule has 2 aromatic heterocycles. The first-order chi connectivity index (χ1) is 17.7. The van der Waals surface area contributed by atoms with E-state index in [2.05, 4.69) is 74.5 Å². The molecule has 0 spiro atoms. The van der Waals surface area contributed by atoms with Gasteiger partial charge in [-0.3, -0.25) is 14.7 Å². The second-order valence-electron chi connectivity index (χ2n) is 9.20. The molecule has 0 atom stereocenters. The summed E-state index contributed by atoms with van der Waals surface area (Å²) in [5.74, 6) is -0.109. The van der Waals surface area contributed by atoms with Crippen molar-refractivity contribution in [2.24, 2.45) is 0 Å². The highest BCUT2D eigenvalue weighted by atomic mass is 16.5. The normalized spacial score (nSPS) is 14.8. The first-order valence-electron chi connectivity index (χ1n) is 12.5. The summed E-state index contributed by atoms with van der Waals surface area (Å²) in [6.45, 7) is 7.14. The van der Waals surface area contributed by atoms with Crippen LogP contribution in [0.4, 0.5) is 0 Å². The predicted molar refractivity (Wildman–Crippen MR) is 144 cm³/mol. The van der Waals surface area contributed by atoms with Crippen molar-refractivity contribution in [1.29, 1.82) is 0 Å². The van der Waals surface area contributed by atoms with Crippen LogP contribution in [0.15, 0.2) is 85.3 Å². The molecule has 36 heavy (non-hydrogen) atoms. The first-order valence-corrected chi connectivity index (χ1v) is 12.5. The van der Waals surface area contributed by atoms with Crippen molar-refractivity contribution in [3.63, 3.8) is 0 Å². The number of hydrogen-bond acceptors (Lipinski definition) is 4. The van der Waals surface area contributed by atoms with Gasteiger partial charge in [0.1, 0.15) is 0 Å². The molecule has 0 saturated carbocycles. The first kappa shape index (κ1) is 24.0. The largest absolute Gasteiger partial charge is 0.379 e. The van der Waals surface area contributed by atoms with Crippen molar-refractivity contribution in [3.05, 3.63) is 102 Å². The van der Waals surface area contributed by atoms with E-state index in [0.29, 0.717) is 6.54 Å².